The third-order valence-corrected chi connectivity index (χ3v) is 3.32. The van der Waals surface area contributed by atoms with Crippen molar-refractivity contribution in [1.29, 1.82) is 0 Å². The Morgan fingerprint density at radius 2 is 2.36 bits per heavy atom. The van der Waals surface area contributed by atoms with E-state index in [4.69, 9.17) is 0 Å². The molecule has 0 N–H and O–H groups in total. The Morgan fingerprint density at radius 1 is 1.64 bits per heavy atom. The zero-order valence-electron chi connectivity index (χ0n) is 5.53. The van der Waals surface area contributed by atoms with Gasteiger partial charge in [0, 0.05) is 6.08 Å². The van der Waals surface area contributed by atoms with E-state index in [1.54, 1.807) is 10.1 Å². The van der Waals surface area contributed by atoms with E-state index in [2.05, 4.69) is 11.7 Å². The SMILES string of the molecule is C=NC1=CC=C([N+](=O)[O-])C=I1. The van der Waals surface area contributed by atoms with Crippen LogP contribution in [0, 0.1) is 10.1 Å². The summed E-state index contributed by atoms with van der Waals surface area (Å²) in [5, 5.41) is 10.2. The molecular weight excluding hydrogens is 259 g/mol. The maximum atomic E-state index is 10.2. The average molecular weight is 264 g/mol. The van der Waals surface area contributed by atoms with Crippen molar-refractivity contribution in [2.24, 2.45) is 4.99 Å². The molecule has 0 saturated carbocycles. The van der Waals surface area contributed by atoms with E-state index in [0.29, 0.717) is 0 Å². The van der Waals surface area contributed by atoms with Gasteiger partial charge in [0.2, 0.25) is 0 Å². The smallest absolute Gasteiger partial charge is 0.259 e. The molecular formula is C6H5IN2O2. The molecule has 58 valence electrons. The van der Waals surface area contributed by atoms with Crippen molar-refractivity contribution in [3.63, 3.8) is 0 Å². The van der Waals surface area contributed by atoms with Crippen LogP contribution >= 0.6 is 20.7 Å². The summed E-state index contributed by atoms with van der Waals surface area (Å²) in [6, 6.07) is 0. The van der Waals surface area contributed by atoms with Crippen molar-refractivity contribution in [1.82, 2.24) is 0 Å². The molecule has 0 bridgehead atoms. The Morgan fingerprint density at radius 3 is 2.73 bits per heavy atom. The first-order chi connectivity index (χ1) is 5.24. The fraction of sp³-hybridized carbons (Fsp3) is 0. The fourth-order valence-corrected chi connectivity index (χ4v) is 2.18. The predicted molar refractivity (Wildman–Crippen MR) is 52.8 cm³/mol. The highest BCUT2D eigenvalue weighted by Crippen LogP contribution is 2.20. The number of hydrogen-bond acceptors (Lipinski definition) is 3. The van der Waals surface area contributed by atoms with Crippen molar-refractivity contribution in [2.75, 3.05) is 0 Å². The first-order valence-electron chi connectivity index (χ1n) is 2.74. The van der Waals surface area contributed by atoms with Crippen LogP contribution in [0.2, 0.25) is 0 Å². The van der Waals surface area contributed by atoms with E-state index in [-0.39, 0.29) is 5.70 Å². The Balaban J connectivity index is 2.89. The number of nitro groups is 1. The zero-order valence-corrected chi connectivity index (χ0v) is 7.69. The Kier molecular flexibility index (Phi) is 2.64. The fourth-order valence-electron chi connectivity index (χ4n) is 0.527. The average Bonchev–Trinajstić information content (AvgIpc) is 2.05. The van der Waals surface area contributed by atoms with Crippen LogP contribution in [0.4, 0.5) is 0 Å². The minimum Gasteiger partial charge on any atom is -0.259 e. The second-order valence-electron chi connectivity index (χ2n) is 1.71. The molecule has 1 aliphatic heterocycles. The second-order valence-corrected chi connectivity index (χ2v) is 4.07. The van der Waals surface area contributed by atoms with Crippen LogP contribution < -0.4 is 0 Å². The Hall–Kier alpha value is -0.850. The Bertz CT molecular complexity index is 291. The molecule has 0 spiro atoms. The number of hydrogen-bond donors (Lipinski definition) is 0. The summed E-state index contributed by atoms with van der Waals surface area (Å²) >= 11 is -0.428. The third kappa shape index (κ3) is 2.04. The minimum absolute atomic E-state index is 0.171. The van der Waals surface area contributed by atoms with Crippen molar-refractivity contribution >= 4 is 31.5 Å². The van der Waals surface area contributed by atoms with Crippen LogP contribution in [0.25, 0.3) is 0 Å². The van der Waals surface area contributed by atoms with Gasteiger partial charge in [0.1, 0.15) is 0 Å². The molecule has 0 atom stereocenters. The summed E-state index contributed by atoms with van der Waals surface area (Å²) in [5.41, 5.74) is 0.171. The molecule has 1 aliphatic rings. The van der Waals surface area contributed by atoms with E-state index in [1.807, 2.05) is 0 Å². The third-order valence-electron chi connectivity index (χ3n) is 1.03. The lowest BCUT2D eigenvalue weighted by Gasteiger charge is -1.95. The van der Waals surface area contributed by atoms with Gasteiger partial charge in [0.25, 0.3) is 5.70 Å². The Labute approximate surface area is 73.2 Å². The van der Waals surface area contributed by atoms with Crippen LogP contribution in [0.3, 0.4) is 0 Å². The van der Waals surface area contributed by atoms with E-state index in [1.165, 1.54) is 6.08 Å². The first kappa shape index (κ1) is 8.25. The summed E-state index contributed by atoms with van der Waals surface area (Å²) in [4.78, 5) is 13.5. The molecule has 0 radical (unpaired) electrons. The maximum absolute atomic E-state index is 10.2. The van der Waals surface area contributed by atoms with Gasteiger partial charge in [-0.1, -0.05) is 20.7 Å². The van der Waals surface area contributed by atoms with Gasteiger partial charge in [0.15, 0.2) is 0 Å². The first-order valence-corrected chi connectivity index (χ1v) is 5.06. The van der Waals surface area contributed by atoms with Gasteiger partial charge in [-0.15, -0.1) is 0 Å². The molecule has 0 aromatic heterocycles. The van der Waals surface area contributed by atoms with E-state index >= 15 is 0 Å². The topological polar surface area (TPSA) is 55.5 Å². The van der Waals surface area contributed by atoms with Crippen molar-refractivity contribution in [2.45, 2.75) is 0 Å². The molecule has 0 unspecified atom stereocenters. The summed E-state index contributed by atoms with van der Waals surface area (Å²) in [6.45, 7) is 3.34. The normalized spacial score (nSPS) is 16.0. The lowest BCUT2D eigenvalue weighted by Crippen LogP contribution is -1.99. The lowest BCUT2D eigenvalue weighted by molar-refractivity contribution is -0.413. The molecule has 0 aromatic rings. The van der Waals surface area contributed by atoms with Crippen molar-refractivity contribution < 1.29 is 4.92 Å². The molecule has 0 fully saturated rings. The highest BCUT2D eigenvalue weighted by molar-refractivity contribution is 14.2. The van der Waals surface area contributed by atoms with Crippen LogP contribution in [0.15, 0.2) is 26.5 Å². The van der Waals surface area contributed by atoms with Crippen LogP contribution in [-0.2, 0) is 0 Å². The van der Waals surface area contributed by atoms with Crippen LogP contribution in [-0.4, -0.2) is 15.7 Å². The van der Waals surface area contributed by atoms with E-state index in [9.17, 15) is 10.1 Å². The summed E-state index contributed by atoms with van der Waals surface area (Å²) < 4.78 is 2.50. The van der Waals surface area contributed by atoms with Gasteiger partial charge < -0.3 is 0 Å². The lowest BCUT2D eigenvalue weighted by atomic mass is 10.4. The van der Waals surface area contributed by atoms with Gasteiger partial charge >= 0.3 is 0 Å². The number of aliphatic imine (C=N–C) groups is 1. The molecule has 0 aromatic carbocycles. The van der Waals surface area contributed by atoms with Gasteiger partial charge in [-0.2, -0.15) is 0 Å². The largest absolute Gasteiger partial charge is 0.275 e. The van der Waals surface area contributed by atoms with Crippen LogP contribution in [0.1, 0.15) is 0 Å². The van der Waals surface area contributed by atoms with E-state index in [0.717, 1.165) is 3.70 Å². The van der Waals surface area contributed by atoms with Crippen molar-refractivity contribution in [3.05, 3.63) is 31.7 Å². The number of nitrogens with zero attached hydrogens (tertiary/aromatic N) is 2. The second kappa shape index (κ2) is 3.51. The number of rotatable bonds is 2. The van der Waals surface area contributed by atoms with E-state index < -0.39 is 25.7 Å². The van der Waals surface area contributed by atoms with Gasteiger partial charge in [-0.25, -0.2) is 0 Å². The molecule has 0 amide bonds. The molecule has 0 saturated heterocycles. The highest BCUT2D eigenvalue weighted by atomic mass is 127. The maximum Gasteiger partial charge on any atom is 0.275 e. The molecule has 11 heavy (non-hydrogen) atoms. The minimum atomic E-state index is -0.428. The zero-order chi connectivity index (χ0) is 8.27. The molecule has 1 heterocycles. The molecule has 0 aliphatic carbocycles. The predicted octanol–water partition coefficient (Wildman–Crippen LogP) is 1.48. The van der Waals surface area contributed by atoms with Crippen molar-refractivity contribution in [3.8, 4) is 0 Å². The van der Waals surface area contributed by atoms with Gasteiger partial charge in [0.05, 0.1) is 12.6 Å². The quantitative estimate of drug-likeness (QED) is 0.249. The highest BCUT2D eigenvalue weighted by Gasteiger charge is 2.07. The van der Waals surface area contributed by atoms with Crippen LogP contribution in [0.5, 0.6) is 0 Å². The number of halogens is 1. The molecule has 5 heteroatoms. The standard InChI is InChI=1S/C6H5IN2O2/c1-8-6-3-2-5(4-7-6)9(10)11/h2-4H,1H2. The summed E-state index contributed by atoms with van der Waals surface area (Å²) in [5.74, 6) is 0. The molecule has 1 rings (SSSR count). The molecule has 4 nitrogen and oxygen atoms in total. The summed E-state index contributed by atoms with van der Waals surface area (Å²) in [6.07, 6.45) is 3.10. The van der Waals surface area contributed by atoms with Gasteiger partial charge in [-0.3, -0.25) is 15.1 Å². The van der Waals surface area contributed by atoms with Gasteiger partial charge in [-0.05, 0) is 12.8 Å². The summed E-state index contributed by atoms with van der Waals surface area (Å²) in [7, 11) is 0. The number of allylic oxidation sites excluding steroid dienone is 3. The monoisotopic (exact) mass is 264 g/mol.